The van der Waals surface area contributed by atoms with E-state index in [9.17, 15) is 0 Å². The molecule has 5 aromatic rings. The number of hydrogen-bond acceptors (Lipinski definition) is 1. The molecule has 0 spiro atoms. The van der Waals surface area contributed by atoms with Crippen LogP contribution >= 0.6 is 0 Å². The van der Waals surface area contributed by atoms with Crippen LogP contribution in [0.4, 0.5) is 11.4 Å². The minimum Gasteiger partial charge on any atom is -0.317 e. The number of hydrogen-bond donors (Lipinski definition) is 0. The third-order valence-electron chi connectivity index (χ3n) is 16.7. The van der Waals surface area contributed by atoms with E-state index in [0.717, 1.165) is 63.5 Å². The first kappa shape index (κ1) is 53.6. The van der Waals surface area contributed by atoms with Crippen molar-refractivity contribution in [3.63, 3.8) is 0 Å². The van der Waals surface area contributed by atoms with Crippen LogP contribution in [0.15, 0.2) is 252 Å². The smallest absolute Gasteiger partial charge is 0.0638 e. The third kappa shape index (κ3) is 9.68. The number of aryl methyl sites for hydroxylation is 1. The summed E-state index contributed by atoms with van der Waals surface area (Å²) in [5.74, 6) is 0.416. The highest BCUT2D eigenvalue weighted by atomic mass is 15.1. The Labute approximate surface area is 458 Å². The number of nitrogens with zero attached hydrogens (tertiary/aromatic N) is 1. The summed E-state index contributed by atoms with van der Waals surface area (Å²) in [6.45, 7) is 24.0. The first-order valence-electron chi connectivity index (χ1n) is 29.0. The second-order valence-electron chi connectivity index (χ2n) is 20.9. The summed E-state index contributed by atoms with van der Waals surface area (Å²) in [6, 6.07) is 45.2. The lowest BCUT2D eigenvalue weighted by Crippen LogP contribution is -2.32. The van der Waals surface area contributed by atoms with E-state index in [1.54, 1.807) is 0 Å². The van der Waals surface area contributed by atoms with Gasteiger partial charge in [0.25, 0.3) is 0 Å². The van der Waals surface area contributed by atoms with E-state index in [1.807, 2.05) is 41.5 Å². The van der Waals surface area contributed by atoms with Crippen molar-refractivity contribution in [3.8, 4) is 22.3 Å². The maximum absolute atomic E-state index is 4.64. The topological polar surface area (TPSA) is 3.24 Å². The summed E-state index contributed by atoms with van der Waals surface area (Å²) in [4.78, 5) is 2.45. The van der Waals surface area contributed by atoms with Gasteiger partial charge in [0.1, 0.15) is 0 Å². The van der Waals surface area contributed by atoms with E-state index in [0.29, 0.717) is 5.92 Å². The maximum Gasteiger partial charge on any atom is 0.0638 e. The Bertz CT molecular complexity index is 3300. The van der Waals surface area contributed by atoms with Gasteiger partial charge < -0.3 is 4.90 Å². The molecule has 0 aliphatic heterocycles. The molecule has 1 nitrogen and oxygen atoms in total. The highest BCUT2D eigenvalue weighted by molar-refractivity contribution is 5.90. The molecule has 0 saturated heterocycles. The van der Waals surface area contributed by atoms with E-state index >= 15 is 0 Å². The summed E-state index contributed by atoms with van der Waals surface area (Å²) in [5, 5.41) is 0. The lowest BCUT2D eigenvalue weighted by atomic mass is 9.59. The van der Waals surface area contributed by atoms with Crippen LogP contribution in [0.2, 0.25) is 0 Å². The normalized spacial score (nSPS) is 20.5. The molecule has 0 N–H and O–H groups in total. The van der Waals surface area contributed by atoms with Gasteiger partial charge in [0.15, 0.2) is 0 Å². The monoisotopic (exact) mass is 996 g/mol. The molecule has 0 bridgehead atoms. The van der Waals surface area contributed by atoms with Crippen LogP contribution in [0.25, 0.3) is 33.4 Å². The average Bonchev–Trinajstić information content (AvgIpc) is 3.99. The molecule has 0 saturated carbocycles. The first-order valence-corrected chi connectivity index (χ1v) is 29.0. The van der Waals surface area contributed by atoms with Crippen LogP contribution in [0.3, 0.4) is 0 Å². The van der Waals surface area contributed by atoms with Gasteiger partial charge in [0.2, 0.25) is 0 Å². The Kier molecular flexibility index (Phi) is 16.8. The molecule has 5 aromatic carbocycles. The van der Waals surface area contributed by atoms with Gasteiger partial charge in [-0.3, -0.25) is 0 Å². The van der Waals surface area contributed by atoms with Crippen LogP contribution in [0.1, 0.15) is 136 Å². The molecule has 2 unspecified atom stereocenters. The van der Waals surface area contributed by atoms with Crippen LogP contribution in [-0.4, -0.2) is 0 Å². The second-order valence-corrected chi connectivity index (χ2v) is 20.9. The molecular weight excluding hydrogens is 915 g/mol. The Morgan fingerprint density at radius 3 is 1.95 bits per heavy atom. The largest absolute Gasteiger partial charge is 0.317 e. The second kappa shape index (κ2) is 23.8. The number of fused-ring (bicyclic) bond motifs is 3. The summed E-state index contributed by atoms with van der Waals surface area (Å²) in [6.07, 6.45) is 40.7. The number of allylic oxidation sites excluding steroid dienone is 22. The highest BCUT2D eigenvalue weighted by Gasteiger charge is 2.50. The lowest BCUT2D eigenvalue weighted by Gasteiger charge is -2.43. The standard InChI is InChI=1S/C69H63N.3C2H6/c1-5-63-62(59-27-15-17-30-65(59)69(63,54-24-10-7-11-25-54)64-29-16-12-19-47(64)2)43-44-70(55-38-35-51(36-39-55)50-33-31-49(32-34-50)48-20-8-6-9-21-48)56-40-42-61-60-41-37-53(45-66(60)68(3,4)67(61)46-56)58-28-18-23-52-22-13-14-26-57(52)58;3*1-2/h5-10,12-14,16-17,20-22,24,26,28-36,38-40,42-47H,1,11,15,18-19,23,25,27,37,41H2,2-4H3;3*1-2H3/b44-43-;;;. The molecule has 0 amide bonds. The molecule has 0 radical (unpaired) electrons. The summed E-state index contributed by atoms with van der Waals surface area (Å²) in [5.41, 5.74) is 26.9. The Morgan fingerprint density at radius 2 is 1.25 bits per heavy atom. The minimum absolute atomic E-state index is 0.148. The fraction of sp³-hybridized carbons (Fsp3) is 0.280. The van der Waals surface area contributed by atoms with Crippen LogP contribution < -0.4 is 4.90 Å². The van der Waals surface area contributed by atoms with Gasteiger partial charge in [-0.15, -0.1) is 0 Å². The molecule has 12 rings (SSSR count). The maximum atomic E-state index is 4.64. The fourth-order valence-corrected chi connectivity index (χ4v) is 13.2. The van der Waals surface area contributed by atoms with Crippen LogP contribution in [0, 0.1) is 11.3 Å². The molecule has 76 heavy (non-hydrogen) atoms. The third-order valence-corrected chi connectivity index (χ3v) is 16.7. The summed E-state index contributed by atoms with van der Waals surface area (Å²) >= 11 is 0. The minimum atomic E-state index is -0.338. The zero-order valence-electron chi connectivity index (χ0n) is 47.1. The fourth-order valence-electron chi connectivity index (χ4n) is 13.2. The first-order chi connectivity index (χ1) is 37.3. The summed E-state index contributed by atoms with van der Waals surface area (Å²) in [7, 11) is 0. The molecule has 386 valence electrons. The average molecular weight is 996 g/mol. The summed E-state index contributed by atoms with van der Waals surface area (Å²) < 4.78 is 0. The molecule has 7 aliphatic rings. The van der Waals surface area contributed by atoms with Crippen LogP contribution in [0.5, 0.6) is 0 Å². The van der Waals surface area contributed by atoms with E-state index in [1.165, 1.54) is 106 Å². The zero-order valence-corrected chi connectivity index (χ0v) is 47.1. The van der Waals surface area contributed by atoms with Gasteiger partial charge in [-0.05, 0) is 189 Å². The highest BCUT2D eigenvalue weighted by Crippen LogP contribution is 2.63. The Hall–Kier alpha value is -7.22. The van der Waals surface area contributed by atoms with E-state index in [2.05, 4.69) is 233 Å². The molecule has 1 heteroatoms. The van der Waals surface area contributed by atoms with Crippen molar-refractivity contribution in [1.29, 1.82) is 0 Å². The van der Waals surface area contributed by atoms with Crippen molar-refractivity contribution in [2.45, 2.75) is 126 Å². The van der Waals surface area contributed by atoms with E-state index in [4.69, 9.17) is 0 Å². The quantitative estimate of drug-likeness (QED) is 0.135. The molecule has 0 aromatic heterocycles. The van der Waals surface area contributed by atoms with Gasteiger partial charge >= 0.3 is 0 Å². The van der Waals surface area contributed by atoms with Gasteiger partial charge in [0.05, 0.1) is 5.41 Å². The zero-order chi connectivity index (χ0) is 53.4. The van der Waals surface area contributed by atoms with Crippen molar-refractivity contribution in [2.24, 2.45) is 11.3 Å². The van der Waals surface area contributed by atoms with Gasteiger partial charge in [0, 0.05) is 23.0 Å². The van der Waals surface area contributed by atoms with Crippen molar-refractivity contribution >= 4 is 22.5 Å². The molecule has 2 atom stereocenters. The molecule has 0 fully saturated rings. The van der Waals surface area contributed by atoms with Crippen molar-refractivity contribution in [1.82, 2.24) is 0 Å². The number of benzene rings is 5. The van der Waals surface area contributed by atoms with Gasteiger partial charge in [-0.1, -0.05) is 238 Å². The molecule has 7 aliphatic carbocycles. The lowest BCUT2D eigenvalue weighted by molar-refractivity contribution is 0.509. The predicted molar refractivity (Wildman–Crippen MR) is 332 cm³/mol. The van der Waals surface area contributed by atoms with Crippen molar-refractivity contribution in [3.05, 3.63) is 274 Å². The molecule has 0 heterocycles. The number of rotatable bonds is 10. The van der Waals surface area contributed by atoms with E-state index < -0.39 is 0 Å². The van der Waals surface area contributed by atoms with Crippen LogP contribution in [-0.2, 0) is 11.8 Å². The Balaban J connectivity index is 0.00000114. The Morgan fingerprint density at radius 1 is 0.592 bits per heavy atom. The van der Waals surface area contributed by atoms with Crippen molar-refractivity contribution < 1.29 is 0 Å². The van der Waals surface area contributed by atoms with Gasteiger partial charge in [-0.2, -0.15) is 0 Å². The van der Waals surface area contributed by atoms with Crippen molar-refractivity contribution in [2.75, 3.05) is 4.90 Å². The predicted octanol–water partition coefficient (Wildman–Crippen LogP) is 21.5. The van der Waals surface area contributed by atoms with E-state index in [-0.39, 0.29) is 10.8 Å². The molecular formula is C75H81N. The SMILES string of the molecule is C=CC1=C(/C=C\N(c2ccc(-c3ccc(-c4ccccc4)cc3)cc2)c2ccc3c(c2)C(C)(C)C2=C3CCC(C3=CCCc4ccccc43)=C2)C2=C(C=CCC2)C1(C1=CC=CCC1)C1=CC=CCC1C.CC.CC.CC. The number of anilines is 2. The van der Waals surface area contributed by atoms with Gasteiger partial charge in [-0.25, -0.2) is 0 Å².